The van der Waals surface area contributed by atoms with Crippen LogP contribution in [-0.4, -0.2) is 25.0 Å². The summed E-state index contributed by atoms with van der Waals surface area (Å²) < 4.78 is 38.3. The highest BCUT2D eigenvalue weighted by molar-refractivity contribution is 6.34. The van der Waals surface area contributed by atoms with Crippen LogP contribution in [0.25, 0.3) is 0 Å². The highest BCUT2D eigenvalue weighted by Gasteiger charge is 2.20. The summed E-state index contributed by atoms with van der Waals surface area (Å²) in [7, 11) is 0. The monoisotopic (exact) mass is 474 g/mol. The number of carbonyl (C=O) groups excluding carboxylic acids is 2. The minimum Gasteiger partial charge on any atom is -0.492 e. The predicted octanol–water partition coefficient (Wildman–Crippen LogP) is 5.92. The van der Waals surface area contributed by atoms with Gasteiger partial charge in [0.25, 0.3) is 11.8 Å². The molecule has 0 aromatic heterocycles. The van der Waals surface area contributed by atoms with Crippen LogP contribution in [-0.2, 0) is 0 Å². The van der Waals surface area contributed by atoms with Gasteiger partial charge in [-0.2, -0.15) is 0 Å². The van der Waals surface area contributed by atoms with Crippen LogP contribution in [0, 0.1) is 11.6 Å². The molecule has 0 spiro atoms. The zero-order valence-corrected chi connectivity index (χ0v) is 18.6. The van der Waals surface area contributed by atoms with E-state index in [0.717, 1.165) is 6.07 Å². The number of hydrogen-bond acceptors (Lipinski definition) is 4. The van der Waals surface area contributed by atoms with Crippen molar-refractivity contribution in [3.8, 4) is 11.5 Å². The van der Waals surface area contributed by atoms with Crippen molar-refractivity contribution in [2.45, 2.75) is 13.8 Å². The second-order valence-corrected chi connectivity index (χ2v) is 7.14. The van der Waals surface area contributed by atoms with E-state index in [2.05, 4.69) is 10.6 Å². The molecule has 3 aromatic rings. The Morgan fingerprint density at radius 1 is 0.818 bits per heavy atom. The molecule has 9 heteroatoms. The van der Waals surface area contributed by atoms with Crippen LogP contribution in [0.4, 0.5) is 20.2 Å². The molecule has 0 atom stereocenters. The number of anilines is 2. The molecule has 6 nitrogen and oxygen atoms in total. The predicted molar refractivity (Wildman–Crippen MR) is 122 cm³/mol. The number of hydrogen-bond donors (Lipinski definition) is 2. The Labute approximate surface area is 194 Å². The van der Waals surface area contributed by atoms with Gasteiger partial charge < -0.3 is 20.1 Å². The van der Waals surface area contributed by atoms with Crippen molar-refractivity contribution in [1.29, 1.82) is 0 Å². The van der Waals surface area contributed by atoms with Crippen LogP contribution in [0.3, 0.4) is 0 Å². The van der Waals surface area contributed by atoms with E-state index in [0.29, 0.717) is 17.3 Å². The van der Waals surface area contributed by atoms with E-state index in [9.17, 15) is 18.4 Å². The molecule has 0 aliphatic rings. The first-order valence-electron chi connectivity index (χ1n) is 10.1. The Balaban J connectivity index is 1.96. The van der Waals surface area contributed by atoms with Gasteiger partial charge in [0.1, 0.15) is 11.5 Å². The molecule has 3 aromatic carbocycles. The summed E-state index contributed by atoms with van der Waals surface area (Å²) in [6.07, 6.45) is 0. The van der Waals surface area contributed by atoms with Gasteiger partial charge in [0.15, 0.2) is 11.6 Å². The molecule has 0 saturated heterocycles. The molecule has 172 valence electrons. The second kappa shape index (κ2) is 10.8. The summed E-state index contributed by atoms with van der Waals surface area (Å²) in [5, 5.41) is 5.11. The van der Waals surface area contributed by atoms with Gasteiger partial charge in [-0.15, -0.1) is 0 Å². The third kappa shape index (κ3) is 5.78. The minimum atomic E-state index is -1.21. The Morgan fingerprint density at radius 3 is 1.88 bits per heavy atom. The van der Waals surface area contributed by atoms with Gasteiger partial charge in [0, 0.05) is 17.7 Å². The number of ether oxygens (including phenoxy) is 2. The lowest BCUT2D eigenvalue weighted by atomic mass is 10.1. The van der Waals surface area contributed by atoms with Crippen LogP contribution in [0.1, 0.15) is 34.6 Å². The largest absolute Gasteiger partial charge is 0.492 e. The SMILES string of the molecule is CCOc1cc(NC(=O)c2cc(F)c(F)cc2Cl)c(OCC)cc1NC(=O)c1ccccc1. The number of amides is 2. The summed E-state index contributed by atoms with van der Waals surface area (Å²) in [5.41, 5.74) is 0.725. The van der Waals surface area contributed by atoms with Gasteiger partial charge >= 0.3 is 0 Å². The molecular weight excluding hydrogens is 454 g/mol. The van der Waals surface area contributed by atoms with Crippen LogP contribution in [0.2, 0.25) is 5.02 Å². The number of carbonyl (C=O) groups is 2. The van der Waals surface area contributed by atoms with E-state index in [1.165, 1.54) is 12.1 Å². The molecule has 0 bridgehead atoms. The average Bonchev–Trinajstić information content (AvgIpc) is 2.79. The molecule has 0 aliphatic heterocycles. The van der Waals surface area contributed by atoms with Crippen LogP contribution >= 0.6 is 11.6 Å². The third-order valence-electron chi connectivity index (χ3n) is 4.47. The summed E-state index contributed by atoms with van der Waals surface area (Å²) in [6.45, 7) is 4.05. The maximum absolute atomic E-state index is 13.6. The minimum absolute atomic E-state index is 0.198. The third-order valence-corrected chi connectivity index (χ3v) is 4.78. The Bertz CT molecular complexity index is 1170. The van der Waals surface area contributed by atoms with Crippen molar-refractivity contribution < 1.29 is 27.8 Å². The van der Waals surface area contributed by atoms with Crippen molar-refractivity contribution in [3.05, 3.63) is 82.4 Å². The topological polar surface area (TPSA) is 76.7 Å². The van der Waals surface area contributed by atoms with Crippen molar-refractivity contribution in [2.75, 3.05) is 23.8 Å². The summed E-state index contributed by atoms with van der Waals surface area (Å²) in [4.78, 5) is 25.3. The van der Waals surface area contributed by atoms with Crippen molar-refractivity contribution in [3.63, 3.8) is 0 Å². The standard InChI is InChI=1S/C24H21ClF2N2O4/c1-3-32-21-13-20(29-24(31)15-10-17(26)18(27)11-16(15)25)22(33-4-2)12-19(21)28-23(30)14-8-6-5-7-9-14/h5-13H,3-4H2,1-2H3,(H,28,30)(H,29,31). The first kappa shape index (κ1) is 24.0. The summed E-state index contributed by atoms with van der Waals surface area (Å²) in [6, 6.07) is 13.0. The van der Waals surface area contributed by atoms with E-state index in [1.807, 2.05) is 0 Å². The normalized spacial score (nSPS) is 10.5. The fraction of sp³-hybridized carbons (Fsp3) is 0.167. The van der Waals surface area contributed by atoms with Gasteiger partial charge in [0.2, 0.25) is 0 Å². The number of benzene rings is 3. The van der Waals surface area contributed by atoms with Gasteiger partial charge in [-0.3, -0.25) is 9.59 Å². The number of rotatable bonds is 8. The maximum Gasteiger partial charge on any atom is 0.257 e. The summed E-state index contributed by atoms with van der Waals surface area (Å²) in [5.74, 6) is -2.99. The fourth-order valence-corrected chi connectivity index (χ4v) is 3.21. The molecule has 0 fully saturated rings. The van der Waals surface area contributed by atoms with Crippen LogP contribution in [0.15, 0.2) is 54.6 Å². The highest BCUT2D eigenvalue weighted by atomic mass is 35.5. The van der Waals surface area contributed by atoms with E-state index >= 15 is 0 Å². The lowest BCUT2D eigenvalue weighted by Crippen LogP contribution is -2.16. The van der Waals surface area contributed by atoms with Gasteiger partial charge in [-0.05, 0) is 38.1 Å². The zero-order valence-electron chi connectivity index (χ0n) is 17.9. The van der Waals surface area contributed by atoms with Gasteiger partial charge in [0.05, 0.1) is 35.2 Å². The first-order chi connectivity index (χ1) is 15.8. The fourth-order valence-electron chi connectivity index (χ4n) is 2.98. The Morgan fingerprint density at radius 2 is 1.33 bits per heavy atom. The molecule has 0 aliphatic carbocycles. The van der Waals surface area contributed by atoms with Gasteiger partial charge in [-0.25, -0.2) is 8.78 Å². The van der Waals surface area contributed by atoms with Gasteiger partial charge in [-0.1, -0.05) is 29.8 Å². The molecule has 0 radical (unpaired) electrons. The molecule has 0 unspecified atom stereocenters. The maximum atomic E-state index is 13.6. The molecule has 2 amide bonds. The quantitative estimate of drug-likeness (QED) is 0.397. The Kier molecular flexibility index (Phi) is 7.84. The molecule has 33 heavy (non-hydrogen) atoms. The lowest BCUT2D eigenvalue weighted by Gasteiger charge is -2.18. The van der Waals surface area contributed by atoms with E-state index < -0.39 is 17.5 Å². The molecular formula is C24H21ClF2N2O4. The highest BCUT2D eigenvalue weighted by Crippen LogP contribution is 2.37. The van der Waals surface area contributed by atoms with E-state index in [4.69, 9.17) is 21.1 Å². The van der Waals surface area contributed by atoms with E-state index in [1.54, 1.807) is 44.2 Å². The Hall–Kier alpha value is -3.65. The molecule has 2 N–H and O–H groups in total. The van der Waals surface area contributed by atoms with Crippen molar-refractivity contribution >= 4 is 34.8 Å². The second-order valence-electron chi connectivity index (χ2n) is 6.73. The van der Waals surface area contributed by atoms with Crippen LogP contribution in [0.5, 0.6) is 11.5 Å². The van der Waals surface area contributed by atoms with Crippen molar-refractivity contribution in [1.82, 2.24) is 0 Å². The van der Waals surface area contributed by atoms with Crippen LogP contribution < -0.4 is 20.1 Å². The summed E-state index contributed by atoms with van der Waals surface area (Å²) >= 11 is 5.91. The number of nitrogens with one attached hydrogen (secondary N) is 2. The van der Waals surface area contributed by atoms with E-state index in [-0.39, 0.29) is 46.9 Å². The molecule has 3 rings (SSSR count). The average molecular weight is 475 g/mol. The zero-order chi connectivity index (χ0) is 24.0. The molecule has 0 saturated carbocycles. The molecule has 0 heterocycles. The lowest BCUT2D eigenvalue weighted by molar-refractivity contribution is 0.101. The number of halogens is 3. The van der Waals surface area contributed by atoms with Crippen molar-refractivity contribution in [2.24, 2.45) is 0 Å². The first-order valence-corrected chi connectivity index (χ1v) is 10.5. The smallest absolute Gasteiger partial charge is 0.257 e.